The zero-order chi connectivity index (χ0) is 27.7. The molecule has 2 fully saturated rings. The molecule has 3 aromatic rings. The molecule has 2 aliphatic rings. The number of aryl methyl sites for hydroxylation is 1. The van der Waals surface area contributed by atoms with E-state index in [1.807, 2.05) is 36.4 Å². The molecule has 0 unspecified atom stereocenters. The SMILES string of the molecule is CCCCCCn1c2ccc(C=C3C(=O)NC(=S)NC3=O)cc2c2cc(C=C3C(=O)NC(=S)NC3=O)ccc21. The van der Waals surface area contributed by atoms with Crippen molar-refractivity contribution < 1.29 is 19.2 Å². The van der Waals surface area contributed by atoms with Gasteiger partial charge in [-0.25, -0.2) is 0 Å². The first-order chi connectivity index (χ1) is 18.7. The van der Waals surface area contributed by atoms with Gasteiger partial charge in [-0.15, -0.1) is 0 Å². The fraction of sp³-hybridized carbons (Fsp3) is 0.214. The molecular weight excluding hydrogens is 534 g/mol. The van der Waals surface area contributed by atoms with E-state index in [2.05, 4.69) is 32.8 Å². The number of benzene rings is 2. The molecule has 4 N–H and O–H groups in total. The Kier molecular flexibility index (Phi) is 7.36. The fourth-order valence-corrected chi connectivity index (χ4v) is 5.17. The van der Waals surface area contributed by atoms with Crippen LogP contribution < -0.4 is 21.3 Å². The van der Waals surface area contributed by atoms with Gasteiger partial charge in [0.15, 0.2) is 10.2 Å². The minimum Gasteiger partial charge on any atom is -0.340 e. The van der Waals surface area contributed by atoms with Crippen molar-refractivity contribution in [3.8, 4) is 0 Å². The second-order valence-electron chi connectivity index (χ2n) is 9.36. The maximum absolute atomic E-state index is 12.4. The largest absolute Gasteiger partial charge is 0.340 e. The lowest BCUT2D eigenvalue weighted by molar-refractivity contribution is -0.124. The molecule has 0 aliphatic carbocycles. The highest BCUT2D eigenvalue weighted by atomic mass is 32.1. The lowest BCUT2D eigenvalue weighted by Gasteiger charge is -2.16. The summed E-state index contributed by atoms with van der Waals surface area (Å²) >= 11 is 9.77. The number of aromatic nitrogens is 1. The molecule has 0 saturated carbocycles. The van der Waals surface area contributed by atoms with Crippen molar-refractivity contribution >= 4 is 92.2 Å². The second kappa shape index (κ2) is 10.9. The summed E-state index contributed by atoms with van der Waals surface area (Å²) in [6.07, 6.45) is 7.49. The topological polar surface area (TPSA) is 121 Å². The predicted molar refractivity (Wildman–Crippen MR) is 157 cm³/mol. The third-order valence-electron chi connectivity index (χ3n) is 6.66. The quantitative estimate of drug-likeness (QED) is 0.153. The van der Waals surface area contributed by atoms with Crippen LogP contribution in [-0.4, -0.2) is 38.4 Å². The molecule has 0 radical (unpaired) electrons. The Morgan fingerprint density at radius 2 is 1.10 bits per heavy atom. The van der Waals surface area contributed by atoms with Crippen LogP contribution in [0.5, 0.6) is 0 Å². The van der Waals surface area contributed by atoms with Crippen LogP contribution >= 0.6 is 24.4 Å². The number of nitrogens with one attached hydrogen (secondary N) is 4. The van der Waals surface area contributed by atoms with E-state index in [1.54, 1.807) is 0 Å². The van der Waals surface area contributed by atoms with Gasteiger partial charge in [0.1, 0.15) is 11.1 Å². The molecule has 2 aromatic carbocycles. The summed E-state index contributed by atoms with van der Waals surface area (Å²) in [6.45, 7) is 3.00. The monoisotopic (exact) mass is 559 g/mol. The van der Waals surface area contributed by atoms with E-state index in [4.69, 9.17) is 24.4 Å². The Hall–Kier alpha value is -4.22. The van der Waals surface area contributed by atoms with Crippen LogP contribution in [0.25, 0.3) is 34.0 Å². The van der Waals surface area contributed by atoms with Crippen LogP contribution in [0, 0.1) is 0 Å². The molecule has 9 nitrogen and oxygen atoms in total. The molecule has 3 heterocycles. The van der Waals surface area contributed by atoms with Crippen molar-refractivity contribution in [2.24, 2.45) is 0 Å². The van der Waals surface area contributed by atoms with Crippen molar-refractivity contribution in [1.29, 1.82) is 0 Å². The second-order valence-corrected chi connectivity index (χ2v) is 10.2. The van der Waals surface area contributed by atoms with Crippen LogP contribution in [0.2, 0.25) is 0 Å². The van der Waals surface area contributed by atoms with Crippen molar-refractivity contribution in [3.05, 3.63) is 58.7 Å². The van der Waals surface area contributed by atoms with Crippen molar-refractivity contribution in [1.82, 2.24) is 25.8 Å². The summed E-state index contributed by atoms with van der Waals surface area (Å²) in [4.78, 5) is 49.5. The highest BCUT2D eigenvalue weighted by Crippen LogP contribution is 2.32. The Balaban J connectivity index is 1.61. The average molecular weight is 560 g/mol. The summed E-state index contributed by atoms with van der Waals surface area (Å²) in [7, 11) is 0. The molecule has 198 valence electrons. The summed E-state index contributed by atoms with van der Waals surface area (Å²) < 4.78 is 2.26. The zero-order valence-corrected chi connectivity index (χ0v) is 22.7. The minimum absolute atomic E-state index is 0.0208. The van der Waals surface area contributed by atoms with E-state index in [0.717, 1.165) is 54.0 Å². The zero-order valence-electron chi connectivity index (χ0n) is 21.1. The molecule has 0 spiro atoms. The molecular formula is C28H25N5O4S2. The number of carbonyl (C=O) groups excluding carboxylic acids is 4. The first-order valence-electron chi connectivity index (χ1n) is 12.6. The molecule has 2 aliphatic heterocycles. The number of rotatable bonds is 7. The van der Waals surface area contributed by atoms with Crippen LogP contribution in [0.15, 0.2) is 47.5 Å². The number of hydrogen-bond donors (Lipinski definition) is 4. The summed E-state index contributed by atoms with van der Waals surface area (Å²) in [5.41, 5.74) is 3.28. The Morgan fingerprint density at radius 3 is 1.51 bits per heavy atom. The number of amides is 4. The van der Waals surface area contributed by atoms with Gasteiger partial charge in [-0.3, -0.25) is 40.4 Å². The molecule has 5 rings (SSSR count). The Bertz CT molecular complexity index is 1510. The first-order valence-corrected chi connectivity index (χ1v) is 13.4. The molecule has 0 atom stereocenters. The summed E-state index contributed by atoms with van der Waals surface area (Å²) in [5.74, 6) is -2.22. The van der Waals surface area contributed by atoms with Crippen LogP contribution in [0.4, 0.5) is 0 Å². The molecule has 39 heavy (non-hydrogen) atoms. The van der Waals surface area contributed by atoms with E-state index in [0.29, 0.717) is 11.1 Å². The van der Waals surface area contributed by atoms with Gasteiger partial charge in [-0.1, -0.05) is 38.3 Å². The number of hydrogen-bond acceptors (Lipinski definition) is 6. The van der Waals surface area contributed by atoms with E-state index in [1.165, 1.54) is 12.2 Å². The standard InChI is InChI=1S/C28H25N5O4S2/c1-2-3-4-5-10-33-21-8-6-15(13-19-23(34)29-27(38)30-24(19)35)11-17(21)18-12-16(7-9-22(18)33)14-20-25(36)31-28(39)32-26(20)37/h6-9,11-14H,2-5,10H2,1H3,(H2,29,30,34,35,38)(H2,31,32,36,37,39). The first kappa shape index (κ1) is 26.4. The lowest BCUT2D eigenvalue weighted by Crippen LogP contribution is -2.51. The molecule has 2 saturated heterocycles. The summed E-state index contributed by atoms with van der Waals surface area (Å²) in [6, 6.07) is 11.5. The van der Waals surface area contributed by atoms with E-state index >= 15 is 0 Å². The molecule has 11 heteroatoms. The van der Waals surface area contributed by atoms with E-state index < -0.39 is 23.6 Å². The number of thiocarbonyl (C=S) groups is 2. The Labute approximate surface area is 234 Å². The van der Waals surface area contributed by atoms with Gasteiger partial charge in [0.05, 0.1) is 0 Å². The van der Waals surface area contributed by atoms with E-state index in [9.17, 15) is 19.2 Å². The number of carbonyl (C=O) groups is 4. The minimum atomic E-state index is -0.556. The van der Waals surface area contributed by atoms with Gasteiger partial charge < -0.3 is 4.57 Å². The smallest absolute Gasteiger partial charge is 0.263 e. The number of nitrogens with zero attached hydrogens (tertiary/aromatic N) is 1. The van der Waals surface area contributed by atoms with Gasteiger partial charge in [-0.05, 0) is 78.4 Å². The van der Waals surface area contributed by atoms with E-state index in [-0.39, 0.29) is 21.4 Å². The normalized spacial score (nSPS) is 15.8. The van der Waals surface area contributed by atoms with Crippen LogP contribution in [0.1, 0.15) is 43.7 Å². The molecule has 1 aromatic heterocycles. The van der Waals surface area contributed by atoms with Crippen molar-refractivity contribution in [2.75, 3.05) is 0 Å². The van der Waals surface area contributed by atoms with Crippen molar-refractivity contribution in [3.63, 3.8) is 0 Å². The molecule has 4 amide bonds. The van der Waals surface area contributed by atoms with Gasteiger partial charge in [0, 0.05) is 28.4 Å². The van der Waals surface area contributed by atoms with Gasteiger partial charge >= 0.3 is 0 Å². The average Bonchev–Trinajstić information content (AvgIpc) is 3.18. The third-order valence-corrected chi connectivity index (χ3v) is 7.07. The predicted octanol–water partition coefficient (Wildman–Crippen LogP) is 3.20. The van der Waals surface area contributed by atoms with Gasteiger partial charge in [-0.2, -0.15) is 0 Å². The van der Waals surface area contributed by atoms with Gasteiger partial charge in [0.25, 0.3) is 23.6 Å². The molecule has 0 bridgehead atoms. The Morgan fingerprint density at radius 1 is 0.667 bits per heavy atom. The number of unbranched alkanes of at least 4 members (excludes halogenated alkanes) is 3. The fourth-order valence-electron chi connectivity index (χ4n) is 4.80. The maximum atomic E-state index is 12.4. The highest BCUT2D eigenvalue weighted by molar-refractivity contribution is 7.80. The lowest BCUT2D eigenvalue weighted by atomic mass is 10.0. The highest BCUT2D eigenvalue weighted by Gasteiger charge is 2.27. The van der Waals surface area contributed by atoms with Crippen molar-refractivity contribution in [2.45, 2.75) is 39.2 Å². The van der Waals surface area contributed by atoms with Gasteiger partial charge in [0.2, 0.25) is 0 Å². The maximum Gasteiger partial charge on any atom is 0.263 e. The van der Waals surface area contributed by atoms with Crippen LogP contribution in [0.3, 0.4) is 0 Å². The number of fused-ring (bicyclic) bond motifs is 3. The third kappa shape index (κ3) is 5.36. The van der Waals surface area contributed by atoms with Crippen LogP contribution in [-0.2, 0) is 25.7 Å². The summed E-state index contributed by atoms with van der Waals surface area (Å²) in [5, 5.41) is 11.6.